The molecule has 0 spiro atoms. The van der Waals surface area contributed by atoms with Crippen LogP contribution in [0.3, 0.4) is 0 Å². The first-order chi connectivity index (χ1) is 22.0. The first kappa shape index (κ1) is 33.8. The predicted octanol–water partition coefficient (Wildman–Crippen LogP) is 7.32. The maximum absolute atomic E-state index is 15.9. The van der Waals surface area contributed by atoms with E-state index in [4.69, 9.17) is 9.47 Å². The number of aromatic carboxylic acids is 4. The number of carbonyl (C=O) groups is 4. The lowest BCUT2D eigenvalue weighted by Gasteiger charge is -2.36. The van der Waals surface area contributed by atoms with E-state index in [1.165, 1.54) is 0 Å². The number of benzene rings is 4. The van der Waals surface area contributed by atoms with E-state index >= 15 is 4.39 Å². The molecule has 4 N–H and O–H groups in total. The Balaban J connectivity index is 1.84. The second kappa shape index (κ2) is 12.7. The van der Waals surface area contributed by atoms with Crippen LogP contribution in [0.15, 0.2) is 78.9 Å². The number of rotatable bonds is 11. The van der Waals surface area contributed by atoms with Gasteiger partial charge in [-0.25, -0.2) is 32.3 Å². The van der Waals surface area contributed by atoms with Gasteiger partial charge in [0.1, 0.15) is 17.2 Å². The Hall–Kier alpha value is -6.06. The fourth-order valence-corrected chi connectivity index (χ4v) is 4.70. The van der Waals surface area contributed by atoms with Crippen LogP contribution >= 0.6 is 0 Å². The average molecular weight is 664 g/mol. The molecule has 1 atom stereocenters. The van der Waals surface area contributed by atoms with Crippen molar-refractivity contribution in [3.05, 3.63) is 118 Å². The molecular weight excluding hydrogens is 646 g/mol. The quantitative estimate of drug-likeness (QED) is 0.119. The van der Waals surface area contributed by atoms with E-state index in [1.807, 2.05) is 0 Å². The Morgan fingerprint density at radius 1 is 0.596 bits per heavy atom. The number of ether oxygens (including phenoxy) is 2. The summed E-state index contributed by atoms with van der Waals surface area (Å²) in [6, 6.07) is 9.93. The van der Waals surface area contributed by atoms with Crippen LogP contribution in [0, 0.1) is 5.82 Å². The molecule has 0 aliphatic heterocycles. The minimum absolute atomic E-state index is 0.379. The maximum Gasteiger partial charge on any atom is 0.408 e. The van der Waals surface area contributed by atoms with Crippen LogP contribution < -0.4 is 9.47 Å². The van der Waals surface area contributed by atoms with Crippen LogP contribution in [-0.4, -0.2) is 56.9 Å². The molecule has 0 aliphatic carbocycles. The van der Waals surface area contributed by atoms with Crippen molar-refractivity contribution in [3.8, 4) is 23.0 Å². The van der Waals surface area contributed by atoms with E-state index < -0.39 is 98.3 Å². The zero-order chi connectivity index (χ0) is 34.8. The lowest BCUT2D eigenvalue weighted by atomic mass is 9.73. The average Bonchev–Trinajstić information content (AvgIpc) is 2.98. The van der Waals surface area contributed by atoms with Gasteiger partial charge in [-0.1, -0.05) is 24.3 Å². The lowest BCUT2D eigenvalue weighted by Crippen LogP contribution is -2.50. The van der Waals surface area contributed by atoms with Crippen molar-refractivity contribution in [2.75, 3.05) is 0 Å². The summed E-state index contributed by atoms with van der Waals surface area (Å²) in [4.78, 5) is 45.6. The fraction of sp³-hybridized carbons (Fsp3) is 0.0968. The van der Waals surface area contributed by atoms with Gasteiger partial charge < -0.3 is 29.9 Å². The topological polar surface area (TPSA) is 168 Å². The summed E-state index contributed by atoms with van der Waals surface area (Å²) in [5.41, 5.74) is -10.1. The highest BCUT2D eigenvalue weighted by molar-refractivity contribution is 6.02. The molecule has 1 unspecified atom stereocenters. The summed E-state index contributed by atoms with van der Waals surface area (Å²) >= 11 is 0. The van der Waals surface area contributed by atoms with Gasteiger partial charge in [-0.3, -0.25) is 0 Å². The molecule has 0 aliphatic rings. The molecule has 4 rings (SSSR count). The Morgan fingerprint density at radius 3 is 1.53 bits per heavy atom. The molecular formula is C31H18F6O10. The standard InChI is InChI=1S/C31H18F6O10/c32-24-22(5-2-6-23(24)47-17-8-10-19(26(40)41)21(13-17)28(44)45)30(29(33)34,31(35,36)37)14-3-1-4-15(11-14)46-16-7-9-18(25(38)39)20(12-16)27(42)43/h1-13,29H,(H,38,39)(H,40,41)(H,42,43)(H,44,45). The van der Waals surface area contributed by atoms with Gasteiger partial charge in [-0.05, 0) is 60.2 Å². The third-order valence-electron chi connectivity index (χ3n) is 6.82. The lowest BCUT2D eigenvalue weighted by molar-refractivity contribution is -0.211. The summed E-state index contributed by atoms with van der Waals surface area (Å²) in [5.74, 6) is -11.0. The van der Waals surface area contributed by atoms with Crippen molar-refractivity contribution in [3.63, 3.8) is 0 Å². The number of hydrogen-bond donors (Lipinski definition) is 4. The van der Waals surface area contributed by atoms with Crippen molar-refractivity contribution >= 4 is 23.9 Å². The molecule has 0 amide bonds. The van der Waals surface area contributed by atoms with Crippen LogP contribution in [-0.2, 0) is 5.41 Å². The normalized spacial score (nSPS) is 12.7. The number of alkyl halides is 5. The molecule has 4 aromatic carbocycles. The number of carboxylic acids is 4. The van der Waals surface area contributed by atoms with Gasteiger partial charge in [-0.15, -0.1) is 0 Å². The van der Waals surface area contributed by atoms with E-state index in [-0.39, 0.29) is 5.75 Å². The van der Waals surface area contributed by atoms with Gasteiger partial charge in [0.05, 0.1) is 22.3 Å². The SMILES string of the molecule is O=C(O)c1ccc(Oc2cccc(C(c3cccc(Oc4ccc(C(=O)O)c(C(=O)O)c4)c3F)(C(F)F)C(F)(F)F)c2)cc1C(=O)O. The molecule has 16 heteroatoms. The zero-order valence-electron chi connectivity index (χ0n) is 23.1. The smallest absolute Gasteiger partial charge is 0.408 e. The molecule has 0 bridgehead atoms. The summed E-state index contributed by atoms with van der Waals surface area (Å²) in [6.07, 6.45) is -10.2. The number of hydrogen-bond acceptors (Lipinski definition) is 6. The van der Waals surface area contributed by atoms with Crippen LogP contribution in [0.1, 0.15) is 52.6 Å². The van der Waals surface area contributed by atoms with Crippen LogP contribution in [0.5, 0.6) is 23.0 Å². The van der Waals surface area contributed by atoms with Crippen molar-refractivity contribution in [1.29, 1.82) is 0 Å². The fourth-order valence-electron chi connectivity index (χ4n) is 4.70. The first-order valence-corrected chi connectivity index (χ1v) is 12.8. The highest BCUT2D eigenvalue weighted by Crippen LogP contribution is 2.53. The molecule has 47 heavy (non-hydrogen) atoms. The molecule has 244 valence electrons. The van der Waals surface area contributed by atoms with Gasteiger partial charge in [-0.2, -0.15) is 13.2 Å². The Kier molecular flexibility index (Phi) is 9.17. The largest absolute Gasteiger partial charge is 0.478 e. The van der Waals surface area contributed by atoms with Crippen LogP contribution in [0.2, 0.25) is 0 Å². The van der Waals surface area contributed by atoms with Crippen molar-refractivity contribution in [2.45, 2.75) is 18.0 Å². The van der Waals surface area contributed by atoms with E-state index in [0.717, 1.165) is 54.6 Å². The van der Waals surface area contributed by atoms with Gasteiger partial charge in [0, 0.05) is 5.56 Å². The zero-order valence-corrected chi connectivity index (χ0v) is 23.1. The molecule has 4 aromatic rings. The predicted molar refractivity (Wildman–Crippen MR) is 147 cm³/mol. The maximum atomic E-state index is 15.9. The summed E-state index contributed by atoms with van der Waals surface area (Å²) in [7, 11) is 0. The number of carboxylic acid groups (broad SMARTS) is 4. The van der Waals surface area contributed by atoms with Crippen LogP contribution in [0.25, 0.3) is 0 Å². The molecule has 0 heterocycles. The molecule has 0 aromatic heterocycles. The third kappa shape index (κ3) is 6.38. The van der Waals surface area contributed by atoms with Crippen LogP contribution in [0.4, 0.5) is 26.3 Å². The monoisotopic (exact) mass is 664 g/mol. The Bertz CT molecular complexity index is 1910. The second-order valence-corrected chi connectivity index (χ2v) is 9.59. The molecule has 10 nitrogen and oxygen atoms in total. The van der Waals surface area contributed by atoms with Gasteiger partial charge in [0.15, 0.2) is 17.0 Å². The highest BCUT2D eigenvalue weighted by atomic mass is 19.4. The molecule has 0 saturated carbocycles. The minimum Gasteiger partial charge on any atom is -0.478 e. The van der Waals surface area contributed by atoms with Gasteiger partial charge in [0.2, 0.25) is 0 Å². The van der Waals surface area contributed by atoms with Crippen molar-refractivity contribution in [2.24, 2.45) is 0 Å². The summed E-state index contributed by atoms with van der Waals surface area (Å²) in [6.45, 7) is 0. The van der Waals surface area contributed by atoms with Crippen molar-refractivity contribution in [1.82, 2.24) is 0 Å². The Morgan fingerprint density at radius 2 is 1.06 bits per heavy atom. The summed E-state index contributed by atoms with van der Waals surface area (Å²) in [5, 5.41) is 37.0. The van der Waals surface area contributed by atoms with E-state index in [1.54, 1.807) is 0 Å². The van der Waals surface area contributed by atoms with Gasteiger partial charge >= 0.3 is 30.1 Å². The van der Waals surface area contributed by atoms with Gasteiger partial charge in [0.25, 0.3) is 6.43 Å². The van der Waals surface area contributed by atoms with E-state index in [2.05, 4.69) is 0 Å². The first-order valence-electron chi connectivity index (χ1n) is 12.8. The third-order valence-corrected chi connectivity index (χ3v) is 6.82. The highest BCUT2D eigenvalue weighted by Gasteiger charge is 2.65. The molecule has 0 saturated heterocycles. The molecule has 0 radical (unpaired) electrons. The Labute approximate surface area is 258 Å². The van der Waals surface area contributed by atoms with E-state index in [0.29, 0.717) is 24.3 Å². The molecule has 0 fully saturated rings. The number of halogens is 6. The minimum atomic E-state index is -5.89. The van der Waals surface area contributed by atoms with E-state index in [9.17, 15) is 61.6 Å². The van der Waals surface area contributed by atoms with Crippen molar-refractivity contribution < 1.29 is 75.4 Å². The second-order valence-electron chi connectivity index (χ2n) is 9.59. The summed E-state index contributed by atoms with van der Waals surface area (Å²) < 4.78 is 101.